The summed E-state index contributed by atoms with van der Waals surface area (Å²) in [5, 5.41) is 20.5. The molecule has 0 spiro atoms. The molecule has 9 heteroatoms. The Morgan fingerprint density at radius 3 is 2.00 bits per heavy atom. The molecule has 2 unspecified atom stereocenters. The maximum Gasteiger partial charge on any atom is 0.351 e. The van der Waals surface area contributed by atoms with Crippen molar-refractivity contribution in [3.8, 4) is 0 Å². The maximum absolute atomic E-state index is 12.1. The zero-order chi connectivity index (χ0) is 26.2. The number of aromatic nitrogens is 2. The lowest BCUT2D eigenvalue weighted by Crippen LogP contribution is -2.36. The molecule has 1 saturated heterocycles. The van der Waals surface area contributed by atoms with Crippen LogP contribution >= 0.6 is 0 Å². The number of rotatable bonds is 19. The summed E-state index contributed by atoms with van der Waals surface area (Å²) in [5.74, 6) is -0.307. The van der Waals surface area contributed by atoms with Crippen molar-refractivity contribution in [1.29, 1.82) is 0 Å². The molecule has 0 radical (unpaired) electrons. The van der Waals surface area contributed by atoms with Crippen molar-refractivity contribution in [3.05, 3.63) is 22.7 Å². The number of unbranched alkanes of at least 4 members (excludes halogenated alkanes) is 14. The number of nitrogens with zero attached hydrogens (tertiary/aromatic N) is 2. The number of esters is 1. The summed E-state index contributed by atoms with van der Waals surface area (Å²) >= 11 is 0. The van der Waals surface area contributed by atoms with E-state index >= 15 is 0 Å². The molecule has 0 amide bonds. The van der Waals surface area contributed by atoms with E-state index < -0.39 is 30.2 Å². The number of hydrogen-bond donors (Lipinski definition) is 3. The monoisotopic (exact) mass is 509 g/mol. The lowest BCUT2D eigenvalue weighted by Gasteiger charge is -2.16. The van der Waals surface area contributed by atoms with Crippen LogP contribution in [0.3, 0.4) is 0 Å². The molecule has 0 bridgehead atoms. The lowest BCUT2D eigenvalue weighted by atomic mass is 10.0. The second kappa shape index (κ2) is 17.5. The van der Waals surface area contributed by atoms with Crippen LogP contribution in [0.4, 0.5) is 5.82 Å². The molecule has 206 valence electrons. The minimum atomic E-state index is -1.35. The van der Waals surface area contributed by atoms with Gasteiger partial charge in [-0.25, -0.2) is 4.79 Å². The van der Waals surface area contributed by atoms with Gasteiger partial charge in [-0.3, -0.25) is 9.36 Å². The van der Waals surface area contributed by atoms with E-state index in [2.05, 4.69) is 11.9 Å². The van der Waals surface area contributed by atoms with Crippen LogP contribution in [0, 0.1) is 0 Å². The number of carbonyl (C=O) groups is 1. The molecule has 0 aliphatic carbocycles. The average molecular weight is 510 g/mol. The third kappa shape index (κ3) is 11.0. The number of anilines is 1. The van der Waals surface area contributed by atoms with Crippen LogP contribution in [0.25, 0.3) is 0 Å². The molecule has 2 rings (SSSR count). The summed E-state index contributed by atoms with van der Waals surface area (Å²) in [7, 11) is 0. The van der Waals surface area contributed by atoms with Crippen molar-refractivity contribution in [2.45, 2.75) is 134 Å². The van der Waals surface area contributed by atoms with Gasteiger partial charge in [-0.05, 0) is 12.5 Å². The fraction of sp³-hybridized carbons (Fsp3) is 0.815. The standard InChI is InChI=1S/C27H47N3O6/c1-2-3-4-5-6-7-8-9-10-11-12-13-14-15-16-17-23(31)35-20-21-24(32)25(33)26(36-21)30-19-18-22(28)29-27(30)34/h18-19,21,24-26,32-33H,2-17,20H2,1H3,(H2,28,29,34)/t21-,24?,25?,26-/m1/s1. The molecule has 1 aliphatic rings. The summed E-state index contributed by atoms with van der Waals surface area (Å²) in [6, 6.07) is 1.40. The van der Waals surface area contributed by atoms with Gasteiger partial charge >= 0.3 is 11.7 Å². The van der Waals surface area contributed by atoms with E-state index in [-0.39, 0.29) is 18.4 Å². The Kier molecular flexibility index (Phi) is 14.7. The van der Waals surface area contributed by atoms with Gasteiger partial charge in [0.1, 0.15) is 30.7 Å². The second-order valence-electron chi connectivity index (χ2n) is 9.97. The zero-order valence-electron chi connectivity index (χ0n) is 22.0. The maximum atomic E-state index is 12.1. The summed E-state index contributed by atoms with van der Waals surface area (Å²) in [5.41, 5.74) is 4.78. The molecule has 0 aromatic carbocycles. The molecule has 36 heavy (non-hydrogen) atoms. The molecule has 9 nitrogen and oxygen atoms in total. The first kappa shape index (κ1) is 30.3. The Hall–Kier alpha value is -1.97. The fourth-order valence-electron chi connectivity index (χ4n) is 4.60. The zero-order valence-corrected chi connectivity index (χ0v) is 22.0. The van der Waals surface area contributed by atoms with Crippen LogP contribution in [-0.4, -0.2) is 50.7 Å². The van der Waals surface area contributed by atoms with Crippen LogP contribution in [-0.2, 0) is 14.3 Å². The van der Waals surface area contributed by atoms with Gasteiger partial charge in [0.25, 0.3) is 0 Å². The minimum Gasteiger partial charge on any atom is -0.463 e. The van der Waals surface area contributed by atoms with Crippen LogP contribution in [0.2, 0.25) is 0 Å². The third-order valence-corrected chi connectivity index (χ3v) is 6.86. The van der Waals surface area contributed by atoms with Gasteiger partial charge in [0, 0.05) is 12.6 Å². The number of carbonyl (C=O) groups excluding carboxylic acids is 1. The first-order valence-corrected chi connectivity index (χ1v) is 14.0. The number of hydrogen-bond acceptors (Lipinski definition) is 8. The van der Waals surface area contributed by atoms with E-state index in [0.29, 0.717) is 6.42 Å². The van der Waals surface area contributed by atoms with Crippen LogP contribution < -0.4 is 11.4 Å². The van der Waals surface area contributed by atoms with Gasteiger partial charge in [0.15, 0.2) is 6.23 Å². The van der Waals surface area contributed by atoms with Gasteiger partial charge in [0.05, 0.1) is 0 Å². The highest BCUT2D eigenvalue weighted by Crippen LogP contribution is 2.28. The van der Waals surface area contributed by atoms with Crippen LogP contribution in [0.15, 0.2) is 17.1 Å². The van der Waals surface area contributed by atoms with E-state index in [1.165, 1.54) is 89.3 Å². The molecule has 4 atom stereocenters. The fourth-order valence-corrected chi connectivity index (χ4v) is 4.60. The quantitative estimate of drug-likeness (QED) is 0.186. The van der Waals surface area contributed by atoms with Gasteiger partial charge in [0.2, 0.25) is 0 Å². The molecule has 1 fully saturated rings. The van der Waals surface area contributed by atoms with Crippen LogP contribution in [0.5, 0.6) is 0 Å². The number of aliphatic hydroxyl groups is 2. The Labute approximate surface area is 215 Å². The van der Waals surface area contributed by atoms with E-state index in [0.717, 1.165) is 23.8 Å². The summed E-state index contributed by atoms with van der Waals surface area (Å²) in [6.07, 6.45) is 15.9. The number of nitrogens with two attached hydrogens (primary N) is 1. The van der Waals surface area contributed by atoms with Crippen LogP contribution in [0.1, 0.15) is 116 Å². The third-order valence-electron chi connectivity index (χ3n) is 6.86. The summed E-state index contributed by atoms with van der Waals surface area (Å²) in [6.45, 7) is 2.06. The van der Waals surface area contributed by atoms with Gasteiger partial charge in [-0.2, -0.15) is 4.98 Å². The second-order valence-corrected chi connectivity index (χ2v) is 9.97. The molecular weight excluding hydrogens is 462 g/mol. The normalized spacial score (nSPS) is 21.6. The smallest absolute Gasteiger partial charge is 0.351 e. The Bertz CT molecular complexity index is 802. The Morgan fingerprint density at radius 2 is 1.47 bits per heavy atom. The van der Waals surface area contributed by atoms with Crippen molar-refractivity contribution in [1.82, 2.24) is 9.55 Å². The number of ether oxygens (including phenoxy) is 2. The molecule has 0 saturated carbocycles. The first-order chi connectivity index (χ1) is 17.4. The van der Waals surface area contributed by atoms with E-state index in [1.54, 1.807) is 0 Å². The van der Waals surface area contributed by atoms with E-state index in [4.69, 9.17) is 15.2 Å². The van der Waals surface area contributed by atoms with Crippen molar-refractivity contribution in [3.63, 3.8) is 0 Å². The highest BCUT2D eigenvalue weighted by atomic mass is 16.6. The number of aliphatic hydroxyl groups excluding tert-OH is 2. The first-order valence-electron chi connectivity index (χ1n) is 14.0. The Morgan fingerprint density at radius 1 is 0.944 bits per heavy atom. The predicted molar refractivity (Wildman–Crippen MR) is 139 cm³/mol. The summed E-state index contributed by atoms with van der Waals surface area (Å²) < 4.78 is 11.9. The van der Waals surface area contributed by atoms with Crippen molar-refractivity contribution in [2.75, 3.05) is 12.3 Å². The topological polar surface area (TPSA) is 137 Å². The minimum absolute atomic E-state index is 0.0496. The molecule has 4 N–H and O–H groups in total. The molecule has 1 aromatic heterocycles. The SMILES string of the molecule is CCCCCCCCCCCCCCCCCC(=O)OC[C@H]1O[C@@H](n2ccc(N)nc2=O)C(O)C1O. The molecule has 1 aliphatic heterocycles. The largest absolute Gasteiger partial charge is 0.463 e. The summed E-state index contributed by atoms with van der Waals surface area (Å²) in [4.78, 5) is 27.6. The number of nitrogen functional groups attached to an aromatic ring is 1. The predicted octanol–water partition coefficient (Wildman–Crippen LogP) is 4.25. The lowest BCUT2D eigenvalue weighted by molar-refractivity contribution is -0.150. The van der Waals surface area contributed by atoms with Gasteiger partial charge in [-0.15, -0.1) is 0 Å². The highest BCUT2D eigenvalue weighted by Gasteiger charge is 2.44. The van der Waals surface area contributed by atoms with Crippen molar-refractivity contribution >= 4 is 11.8 Å². The van der Waals surface area contributed by atoms with Crippen molar-refractivity contribution in [2.24, 2.45) is 0 Å². The molecule has 2 heterocycles. The average Bonchev–Trinajstić information content (AvgIpc) is 3.13. The van der Waals surface area contributed by atoms with E-state index in [9.17, 15) is 19.8 Å². The van der Waals surface area contributed by atoms with Crippen molar-refractivity contribution < 1.29 is 24.5 Å². The molecular formula is C27H47N3O6. The van der Waals surface area contributed by atoms with E-state index in [1.807, 2.05) is 0 Å². The highest BCUT2D eigenvalue weighted by molar-refractivity contribution is 5.69. The molecule has 1 aromatic rings. The van der Waals surface area contributed by atoms with Gasteiger partial charge in [-0.1, -0.05) is 96.8 Å². The van der Waals surface area contributed by atoms with Gasteiger partial charge < -0.3 is 25.4 Å². The Balaban J connectivity index is 1.47.